The van der Waals surface area contributed by atoms with Crippen LogP contribution < -0.4 is 5.32 Å². The lowest BCUT2D eigenvalue weighted by Crippen LogP contribution is -2.59. The van der Waals surface area contributed by atoms with Crippen LogP contribution in [0.4, 0.5) is 9.59 Å². The second-order valence-corrected chi connectivity index (χ2v) is 12.5. The predicted molar refractivity (Wildman–Crippen MR) is 184 cm³/mol. The fraction of sp³-hybridized carbons (Fsp3) is 0.359. The van der Waals surface area contributed by atoms with Gasteiger partial charge in [-0.2, -0.15) is 0 Å². The van der Waals surface area contributed by atoms with E-state index in [0.717, 1.165) is 27.8 Å². The summed E-state index contributed by atoms with van der Waals surface area (Å²) in [4.78, 5) is 61.8. The summed E-state index contributed by atoms with van der Waals surface area (Å²) in [6.07, 6.45) is -4.13. The van der Waals surface area contributed by atoms with Crippen LogP contribution in [0, 0.1) is 0 Å². The monoisotopic (exact) mass is 729 g/mol. The van der Waals surface area contributed by atoms with Crippen LogP contribution in [0.15, 0.2) is 91.0 Å². The minimum Gasteiger partial charge on any atom is -0.463 e. The molecule has 3 aromatic carbocycles. The number of amides is 1. The van der Waals surface area contributed by atoms with Gasteiger partial charge in [0, 0.05) is 19.8 Å². The number of rotatable bonds is 14. The van der Waals surface area contributed by atoms with Crippen molar-refractivity contribution in [3.8, 4) is 11.1 Å². The summed E-state index contributed by atoms with van der Waals surface area (Å²) >= 11 is 0. The zero-order valence-electron chi connectivity index (χ0n) is 29.0. The Balaban J connectivity index is 1.09. The molecule has 2 aliphatic heterocycles. The normalized spacial score (nSPS) is 22.0. The van der Waals surface area contributed by atoms with E-state index in [0.29, 0.717) is 0 Å². The summed E-state index contributed by atoms with van der Waals surface area (Å²) < 4.78 is 43.8. The molecule has 6 atom stereocenters. The third-order valence-corrected chi connectivity index (χ3v) is 8.85. The molecule has 1 amide bonds. The van der Waals surface area contributed by atoms with Gasteiger partial charge in [0.2, 0.25) is 0 Å². The molecule has 14 nitrogen and oxygen atoms in total. The van der Waals surface area contributed by atoms with E-state index in [1.54, 1.807) is 12.2 Å². The van der Waals surface area contributed by atoms with E-state index < -0.39 is 66.9 Å². The number of carbonyl (C=O) groups is 5. The van der Waals surface area contributed by atoms with Gasteiger partial charge in [-0.3, -0.25) is 9.59 Å². The van der Waals surface area contributed by atoms with Gasteiger partial charge in [-0.25, -0.2) is 14.4 Å². The van der Waals surface area contributed by atoms with E-state index in [2.05, 4.69) is 5.32 Å². The molecule has 3 aliphatic rings. The Morgan fingerprint density at radius 1 is 0.774 bits per heavy atom. The van der Waals surface area contributed by atoms with Gasteiger partial charge in [0.1, 0.15) is 32.0 Å². The zero-order valence-corrected chi connectivity index (χ0v) is 29.0. The molecule has 0 aromatic heterocycles. The molecular formula is C39H39NO13. The lowest BCUT2D eigenvalue weighted by Gasteiger charge is -2.39. The molecule has 3 aromatic rings. The zero-order chi connectivity index (χ0) is 37.3. The molecule has 2 heterocycles. The first-order valence-electron chi connectivity index (χ1n) is 17.1. The highest BCUT2D eigenvalue weighted by Crippen LogP contribution is 2.44. The van der Waals surface area contributed by atoms with Gasteiger partial charge in [-0.15, -0.1) is 0 Å². The average Bonchev–Trinajstić information content (AvgIpc) is 3.70. The van der Waals surface area contributed by atoms with E-state index >= 15 is 0 Å². The van der Waals surface area contributed by atoms with Crippen molar-refractivity contribution in [3.63, 3.8) is 0 Å². The molecule has 14 heteroatoms. The van der Waals surface area contributed by atoms with E-state index in [1.807, 2.05) is 78.9 Å². The van der Waals surface area contributed by atoms with Crippen molar-refractivity contribution in [2.45, 2.75) is 69.5 Å². The van der Waals surface area contributed by atoms with Gasteiger partial charge in [0.25, 0.3) is 0 Å². The summed E-state index contributed by atoms with van der Waals surface area (Å²) in [6, 6.07) is 23.9. The molecule has 0 unspecified atom stereocenters. The van der Waals surface area contributed by atoms with Crippen LogP contribution in [0.1, 0.15) is 42.9 Å². The first-order valence-corrected chi connectivity index (χ1v) is 17.1. The molecule has 0 radical (unpaired) electrons. The van der Waals surface area contributed by atoms with Gasteiger partial charge < -0.3 is 43.2 Å². The Morgan fingerprint density at radius 2 is 1.43 bits per heavy atom. The SMILES string of the molecule is CC(=O)OC[C@H]1O[C@@H](OC/C=C/C[C@H](NC(=O)OCC2c3ccccc3-c3ccccc32)C(=O)OCc2ccccc2)[C@H](OC(C)=O)[C@H]2OC(=O)O[C@H]21. The first kappa shape index (κ1) is 37.0. The third-order valence-electron chi connectivity index (χ3n) is 8.85. The van der Waals surface area contributed by atoms with E-state index in [1.165, 1.54) is 13.8 Å². The molecule has 1 N–H and O–H groups in total. The summed E-state index contributed by atoms with van der Waals surface area (Å²) in [6.45, 7) is 2.05. The van der Waals surface area contributed by atoms with Crippen LogP contribution in [-0.2, 0) is 58.9 Å². The Morgan fingerprint density at radius 3 is 2.11 bits per heavy atom. The van der Waals surface area contributed by atoms with E-state index in [9.17, 15) is 24.0 Å². The van der Waals surface area contributed by atoms with Gasteiger partial charge in [0.05, 0.1) is 6.61 Å². The van der Waals surface area contributed by atoms with Crippen molar-refractivity contribution >= 4 is 30.2 Å². The summed E-state index contributed by atoms with van der Waals surface area (Å²) in [5.41, 5.74) is 5.04. The summed E-state index contributed by atoms with van der Waals surface area (Å²) in [7, 11) is 0. The Labute approximate surface area is 305 Å². The van der Waals surface area contributed by atoms with Gasteiger partial charge in [-0.05, 0) is 34.2 Å². The van der Waals surface area contributed by atoms with Gasteiger partial charge in [-0.1, -0.05) is 91.0 Å². The topological polar surface area (TPSA) is 171 Å². The van der Waals surface area contributed by atoms with Crippen LogP contribution in [0.5, 0.6) is 0 Å². The molecule has 278 valence electrons. The Bertz CT molecular complexity index is 1780. The number of ether oxygens (including phenoxy) is 8. The minimum atomic E-state index is -1.24. The second kappa shape index (κ2) is 17.2. The van der Waals surface area contributed by atoms with Crippen LogP contribution in [0.2, 0.25) is 0 Å². The first-order chi connectivity index (χ1) is 25.7. The largest absolute Gasteiger partial charge is 0.509 e. The maximum Gasteiger partial charge on any atom is 0.509 e. The van der Waals surface area contributed by atoms with Crippen molar-refractivity contribution < 1.29 is 61.9 Å². The number of hydrogen-bond acceptors (Lipinski definition) is 13. The highest BCUT2D eigenvalue weighted by Gasteiger charge is 2.56. The summed E-state index contributed by atoms with van der Waals surface area (Å²) in [5.74, 6) is -2.11. The fourth-order valence-electron chi connectivity index (χ4n) is 6.47. The summed E-state index contributed by atoms with van der Waals surface area (Å²) in [5, 5.41) is 2.64. The maximum atomic E-state index is 13.3. The Kier molecular flexibility index (Phi) is 12.0. The highest BCUT2D eigenvalue weighted by atomic mass is 16.8. The number of hydrogen-bond donors (Lipinski definition) is 1. The highest BCUT2D eigenvalue weighted by molar-refractivity contribution is 5.82. The van der Waals surface area contributed by atoms with Gasteiger partial charge >= 0.3 is 30.2 Å². The van der Waals surface area contributed by atoms with Crippen LogP contribution in [0.3, 0.4) is 0 Å². The average molecular weight is 730 g/mol. The lowest BCUT2D eigenvalue weighted by molar-refractivity contribution is -0.283. The smallest absolute Gasteiger partial charge is 0.463 e. The van der Waals surface area contributed by atoms with Gasteiger partial charge in [0.15, 0.2) is 24.6 Å². The van der Waals surface area contributed by atoms with Crippen molar-refractivity contribution in [1.82, 2.24) is 5.32 Å². The molecule has 2 saturated heterocycles. The number of alkyl carbamates (subject to hydrolysis) is 1. The van der Waals surface area contributed by atoms with Crippen molar-refractivity contribution in [1.29, 1.82) is 0 Å². The number of carbonyl (C=O) groups excluding carboxylic acids is 5. The molecule has 6 rings (SSSR count). The number of esters is 3. The van der Waals surface area contributed by atoms with Crippen molar-refractivity contribution in [2.75, 3.05) is 19.8 Å². The van der Waals surface area contributed by atoms with Crippen molar-refractivity contribution in [3.05, 3.63) is 108 Å². The fourth-order valence-corrected chi connectivity index (χ4v) is 6.47. The minimum absolute atomic E-state index is 0.00309. The lowest BCUT2D eigenvalue weighted by atomic mass is 9.98. The molecule has 1 aliphatic carbocycles. The molecule has 0 saturated carbocycles. The standard InChI is InChI=1S/C39H39NO13/c1-23(41)47-22-32-33-34(53-39(45)52-33)35(50-24(2)42)37(51-32)46-19-11-10-18-31(36(43)48-20-25-12-4-3-5-13-25)40-38(44)49-21-30-28-16-8-6-14-26(28)27-15-7-9-17-29(27)30/h3-17,30-35,37H,18-22H2,1-2H3,(H,40,44)/b11-10+/t31-,32+,33-,34-,35+,37+/m0/s1. The molecule has 0 spiro atoms. The van der Waals surface area contributed by atoms with Crippen molar-refractivity contribution in [2.24, 2.45) is 0 Å². The third kappa shape index (κ3) is 9.20. The number of benzene rings is 3. The predicted octanol–water partition coefficient (Wildman–Crippen LogP) is 4.72. The second-order valence-electron chi connectivity index (χ2n) is 12.5. The quantitative estimate of drug-likeness (QED) is 0.137. The van der Waals surface area contributed by atoms with Crippen LogP contribution in [-0.4, -0.2) is 86.7 Å². The molecule has 53 heavy (non-hydrogen) atoms. The van der Waals surface area contributed by atoms with E-state index in [-0.39, 0.29) is 38.8 Å². The molecule has 0 bridgehead atoms. The Hall–Kier alpha value is -5.73. The van der Waals surface area contributed by atoms with E-state index in [4.69, 9.17) is 37.9 Å². The molecular weight excluding hydrogens is 690 g/mol. The maximum absolute atomic E-state index is 13.3. The number of fused-ring (bicyclic) bond motifs is 4. The van der Waals surface area contributed by atoms with Crippen LogP contribution in [0.25, 0.3) is 11.1 Å². The van der Waals surface area contributed by atoms with Crippen LogP contribution >= 0.6 is 0 Å². The molecule has 2 fully saturated rings. The number of nitrogens with one attached hydrogen (secondary N) is 1.